The van der Waals surface area contributed by atoms with Crippen LogP contribution in [0.25, 0.3) is 11.5 Å². The molecule has 0 fully saturated rings. The molecule has 6 nitrogen and oxygen atoms in total. The number of nitrogens with zero attached hydrogens (tertiary/aromatic N) is 1. The molecule has 3 heterocycles. The summed E-state index contributed by atoms with van der Waals surface area (Å²) in [7, 11) is 0. The second-order valence-corrected chi connectivity index (χ2v) is 5.75. The minimum atomic E-state index is -4.73. The fraction of sp³-hybridized carbons (Fsp3) is 0.105. The van der Waals surface area contributed by atoms with Crippen molar-refractivity contribution in [2.24, 2.45) is 0 Å². The Kier molecular flexibility index (Phi) is 4.66. The van der Waals surface area contributed by atoms with Crippen LogP contribution in [0.4, 0.5) is 13.2 Å². The first-order valence-corrected chi connectivity index (χ1v) is 8.13. The molecule has 3 aromatic rings. The molecule has 0 saturated carbocycles. The van der Waals surface area contributed by atoms with Crippen LogP contribution in [0.2, 0.25) is 0 Å². The first-order valence-electron chi connectivity index (χ1n) is 8.13. The third kappa shape index (κ3) is 4.26. The van der Waals surface area contributed by atoms with Gasteiger partial charge in [0, 0.05) is 6.08 Å². The first-order chi connectivity index (χ1) is 13.5. The number of nitrogens with one attached hydrogen (secondary N) is 1. The maximum Gasteiger partial charge on any atom is 0.573 e. The number of pyridine rings is 1. The third-order valence-corrected chi connectivity index (χ3v) is 3.77. The lowest BCUT2D eigenvalue weighted by Gasteiger charge is -2.11. The SMILES string of the molecule is FC(F)(F)Oc1ccc(C2C=C(Oc3ccc(-c4ccco4)nc3)NO2)cc1. The molecule has 0 spiro atoms. The molecular formula is C19H13F3N2O4. The lowest BCUT2D eigenvalue weighted by atomic mass is 10.1. The zero-order valence-electron chi connectivity index (χ0n) is 14.1. The highest BCUT2D eigenvalue weighted by molar-refractivity contribution is 5.52. The fourth-order valence-corrected chi connectivity index (χ4v) is 2.54. The lowest BCUT2D eigenvalue weighted by molar-refractivity contribution is -0.274. The quantitative estimate of drug-likeness (QED) is 0.679. The summed E-state index contributed by atoms with van der Waals surface area (Å²) < 4.78 is 51.4. The molecule has 1 aromatic carbocycles. The van der Waals surface area contributed by atoms with Gasteiger partial charge in [-0.1, -0.05) is 12.1 Å². The van der Waals surface area contributed by atoms with E-state index in [4.69, 9.17) is 14.0 Å². The maximum absolute atomic E-state index is 12.2. The van der Waals surface area contributed by atoms with Gasteiger partial charge in [0.1, 0.15) is 23.3 Å². The second kappa shape index (κ2) is 7.28. The molecular weight excluding hydrogens is 377 g/mol. The number of furan rings is 1. The second-order valence-electron chi connectivity index (χ2n) is 5.75. The van der Waals surface area contributed by atoms with Crippen molar-refractivity contribution >= 4 is 0 Å². The van der Waals surface area contributed by atoms with E-state index in [1.54, 1.807) is 36.6 Å². The van der Waals surface area contributed by atoms with Crippen LogP contribution in [0, 0.1) is 0 Å². The molecule has 0 amide bonds. The predicted molar refractivity (Wildman–Crippen MR) is 90.7 cm³/mol. The summed E-state index contributed by atoms with van der Waals surface area (Å²) in [4.78, 5) is 9.64. The van der Waals surface area contributed by atoms with Gasteiger partial charge >= 0.3 is 6.36 Å². The van der Waals surface area contributed by atoms with Crippen LogP contribution in [0.15, 0.2) is 77.4 Å². The van der Waals surface area contributed by atoms with Crippen molar-refractivity contribution < 1.29 is 31.9 Å². The van der Waals surface area contributed by atoms with Crippen molar-refractivity contribution in [3.63, 3.8) is 0 Å². The van der Waals surface area contributed by atoms with E-state index in [1.165, 1.54) is 30.5 Å². The smallest absolute Gasteiger partial charge is 0.463 e. The van der Waals surface area contributed by atoms with Gasteiger partial charge in [-0.3, -0.25) is 4.84 Å². The van der Waals surface area contributed by atoms with Gasteiger partial charge in [0.15, 0.2) is 5.76 Å². The van der Waals surface area contributed by atoms with Gasteiger partial charge in [0.25, 0.3) is 0 Å². The lowest BCUT2D eigenvalue weighted by Crippen LogP contribution is -2.17. The summed E-state index contributed by atoms with van der Waals surface area (Å²) in [6.45, 7) is 0. The molecule has 0 radical (unpaired) electrons. The standard InChI is InChI=1S/C19H13F3N2O4/c20-19(21,22)27-13-5-3-12(4-6-13)17-10-18(24-28-17)26-14-7-8-15(23-11-14)16-2-1-9-25-16/h1-11,17,24H. The molecule has 1 N–H and O–H groups in total. The molecule has 1 atom stereocenters. The third-order valence-electron chi connectivity index (χ3n) is 3.77. The highest BCUT2D eigenvalue weighted by Gasteiger charge is 2.31. The van der Waals surface area contributed by atoms with Gasteiger partial charge in [-0.25, -0.2) is 10.5 Å². The minimum Gasteiger partial charge on any atom is -0.463 e. The predicted octanol–water partition coefficient (Wildman–Crippen LogP) is 4.74. The molecule has 1 aliphatic rings. The first kappa shape index (κ1) is 17.9. The van der Waals surface area contributed by atoms with E-state index in [1.807, 2.05) is 0 Å². The molecule has 28 heavy (non-hydrogen) atoms. The topological polar surface area (TPSA) is 65.8 Å². The van der Waals surface area contributed by atoms with E-state index < -0.39 is 12.5 Å². The Labute approximate surface area is 157 Å². The minimum absolute atomic E-state index is 0.301. The molecule has 2 aromatic heterocycles. The Morgan fingerprint density at radius 3 is 2.43 bits per heavy atom. The number of alkyl halides is 3. The fourth-order valence-electron chi connectivity index (χ4n) is 2.54. The zero-order chi connectivity index (χ0) is 19.6. The van der Waals surface area contributed by atoms with Gasteiger partial charge in [-0.2, -0.15) is 0 Å². The molecule has 4 rings (SSSR count). The summed E-state index contributed by atoms with van der Waals surface area (Å²) in [6.07, 6.45) is -0.496. The summed E-state index contributed by atoms with van der Waals surface area (Å²) in [5.41, 5.74) is 3.93. The molecule has 0 bridgehead atoms. The average Bonchev–Trinajstić information content (AvgIpc) is 3.34. The van der Waals surface area contributed by atoms with Crippen molar-refractivity contribution in [3.05, 3.63) is 78.5 Å². The molecule has 1 unspecified atom stereocenters. The Hall–Kier alpha value is -3.46. The van der Waals surface area contributed by atoms with Crippen molar-refractivity contribution in [3.8, 4) is 23.0 Å². The Morgan fingerprint density at radius 1 is 1.00 bits per heavy atom. The van der Waals surface area contributed by atoms with Crippen LogP contribution in [0.3, 0.4) is 0 Å². The van der Waals surface area contributed by atoms with Gasteiger partial charge in [-0.05, 0) is 42.0 Å². The number of aromatic nitrogens is 1. The van der Waals surface area contributed by atoms with Crippen LogP contribution >= 0.6 is 0 Å². The maximum atomic E-state index is 12.2. The molecule has 0 saturated heterocycles. The van der Waals surface area contributed by atoms with Gasteiger partial charge < -0.3 is 13.9 Å². The van der Waals surface area contributed by atoms with Crippen molar-refractivity contribution in [2.75, 3.05) is 0 Å². The number of rotatable bonds is 5. The normalized spacial score (nSPS) is 16.4. The van der Waals surface area contributed by atoms with E-state index in [-0.39, 0.29) is 5.75 Å². The summed E-state index contributed by atoms with van der Waals surface area (Å²) in [6, 6.07) is 12.4. The van der Waals surface area contributed by atoms with Gasteiger partial charge in [0.05, 0.1) is 12.5 Å². The van der Waals surface area contributed by atoms with Crippen LogP contribution < -0.4 is 15.0 Å². The molecule has 0 aliphatic carbocycles. The average molecular weight is 390 g/mol. The summed E-state index contributed by atoms with van der Waals surface area (Å²) in [5, 5.41) is 0. The van der Waals surface area contributed by atoms with Gasteiger partial charge in [-0.15, -0.1) is 13.2 Å². The molecule has 144 valence electrons. The molecule has 1 aliphatic heterocycles. The van der Waals surface area contributed by atoms with Crippen LogP contribution in [0.5, 0.6) is 11.5 Å². The summed E-state index contributed by atoms with van der Waals surface area (Å²) in [5.74, 6) is 1.16. The van der Waals surface area contributed by atoms with Crippen molar-refractivity contribution in [1.82, 2.24) is 10.5 Å². The van der Waals surface area contributed by atoms with E-state index in [0.29, 0.717) is 28.7 Å². The van der Waals surface area contributed by atoms with E-state index in [9.17, 15) is 13.2 Å². The monoisotopic (exact) mass is 390 g/mol. The molecule has 9 heteroatoms. The van der Waals surface area contributed by atoms with E-state index in [0.717, 1.165) is 0 Å². The number of ether oxygens (including phenoxy) is 2. The number of hydrogen-bond donors (Lipinski definition) is 1. The van der Waals surface area contributed by atoms with Crippen molar-refractivity contribution in [2.45, 2.75) is 12.5 Å². The highest BCUT2D eigenvalue weighted by atomic mass is 19.4. The Morgan fingerprint density at radius 2 is 1.79 bits per heavy atom. The van der Waals surface area contributed by atoms with E-state index >= 15 is 0 Å². The van der Waals surface area contributed by atoms with Crippen LogP contribution in [0.1, 0.15) is 11.7 Å². The number of halogens is 3. The van der Waals surface area contributed by atoms with Gasteiger partial charge in [0.2, 0.25) is 5.88 Å². The Balaban J connectivity index is 1.40. The Bertz CT molecular complexity index is 952. The zero-order valence-corrected chi connectivity index (χ0v) is 14.1. The van der Waals surface area contributed by atoms with Crippen LogP contribution in [-0.4, -0.2) is 11.3 Å². The number of hydroxylamine groups is 1. The highest BCUT2D eigenvalue weighted by Crippen LogP contribution is 2.29. The number of benzene rings is 1. The largest absolute Gasteiger partial charge is 0.573 e. The summed E-state index contributed by atoms with van der Waals surface area (Å²) >= 11 is 0. The number of hydrogen-bond acceptors (Lipinski definition) is 6. The van der Waals surface area contributed by atoms with Crippen LogP contribution in [-0.2, 0) is 4.84 Å². The van der Waals surface area contributed by atoms with E-state index in [2.05, 4.69) is 15.2 Å². The van der Waals surface area contributed by atoms with Crippen molar-refractivity contribution in [1.29, 1.82) is 0 Å².